The lowest BCUT2D eigenvalue weighted by Gasteiger charge is -2.43. The molecule has 1 aromatic rings. The minimum Gasteiger partial charge on any atom is -0.458 e. The summed E-state index contributed by atoms with van der Waals surface area (Å²) in [6.07, 6.45) is 5.65. The Hall–Kier alpha value is -1.58. The molecular weight excluding hydrogens is 372 g/mol. The first-order chi connectivity index (χ1) is 13.0. The Bertz CT molecular complexity index is 832. The zero-order valence-corrected chi connectivity index (χ0v) is 18.3. The van der Waals surface area contributed by atoms with Crippen LogP contribution in [0.15, 0.2) is 35.9 Å². The average molecular weight is 403 g/mol. The van der Waals surface area contributed by atoms with E-state index in [4.69, 9.17) is 16.3 Å². The summed E-state index contributed by atoms with van der Waals surface area (Å²) in [5.41, 5.74) is 5.03. The molecular formula is C24H31ClO3. The van der Waals surface area contributed by atoms with Crippen molar-refractivity contribution in [3.63, 3.8) is 0 Å². The van der Waals surface area contributed by atoms with E-state index < -0.39 is 6.10 Å². The van der Waals surface area contributed by atoms with E-state index in [0.717, 1.165) is 23.4 Å². The van der Waals surface area contributed by atoms with Gasteiger partial charge in [-0.3, -0.25) is 4.79 Å². The lowest BCUT2D eigenvalue weighted by Crippen LogP contribution is -2.32. The molecule has 3 rings (SSSR count). The number of carbonyl (C=O) groups excluding carboxylic acids is 1. The molecule has 3 nitrogen and oxygen atoms in total. The number of ether oxygens (including phenoxy) is 1. The maximum atomic E-state index is 11.7. The van der Waals surface area contributed by atoms with Gasteiger partial charge in [0.1, 0.15) is 6.10 Å². The Balaban J connectivity index is 2.04. The largest absolute Gasteiger partial charge is 0.458 e. The van der Waals surface area contributed by atoms with Gasteiger partial charge in [-0.25, -0.2) is 0 Å². The Morgan fingerprint density at radius 1 is 1.25 bits per heavy atom. The smallest absolute Gasteiger partial charge is 0.309 e. The second kappa shape index (κ2) is 7.68. The van der Waals surface area contributed by atoms with Crippen LogP contribution in [0, 0.1) is 17.8 Å². The fraction of sp³-hybridized carbons (Fsp3) is 0.542. The predicted octanol–water partition coefficient (Wildman–Crippen LogP) is 5.87. The molecule has 0 radical (unpaired) electrons. The zero-order valence-electron chi connectivity index (χ0n) is 17.5. The minimum absolute atomic E-state index is 0.0155. The first-order valence-corrected chi connectivity index (χ1v) is 10.4. The van der Waals surface area contributed by atoms with Gasteiger partial charge in [0.05, 0.1) is 12.5 Å². The van der Waals surface area contributed by atoms with E-state index >= 15 is 0 Å². The summed E-state index contributed by atoms with van der Waals surface area (Å²) in [4.78, 5) is 11.7. The van der Waals surface area contributed by atoms with Crippen LogP contribution in [-0.4, -0.2) is 23.3 Å². The summed E-state index contributed by atoms with van der Waals surface area (Å²) in [5.74, 6) is -0.333. The number of rotatable bonds is 3. The molecule has 1 aromatic carbocycles. The van der Waals surface area contributed by atoms with Gasteiger partial charge < -0.3 is 9.84 Å². The Morgan fingerprint density at radius 2 is 1.96 bits per heavy atom. The lowest BCUT2D eigenvalue weighted by atomic mass is 9.61. The van der Waals surface area contributed by atoms with Crippen LogP contribution in [0.2, 0.25) is 5.02 Å². The zero-order chi connectivity index (χ0) is 20.7. The third-order valence-corrected chi connectivity index (χ3v) is 6.23. The summed E-state index contributed by atoms with van der Waals surface area (Å²) in [5, 5.41) is 10.7. The highest BCUT2D eigenvalue weighted by molar-refractivity contribution is 6.31. The van der Waals surface area contributed by atoms with Gasteiger partial charge in [0.25, 0.3) is 0 Å². The number of aliphatic hydroxyl groups excluding tert-OH is 1. The van der Waals surface area contributed by atoms with Crippen molar-refractivity contribution in [1.29, 1.82) is 0 Å². The fourth-order valence-corrected chi connectivity index (χ4v) is 5.00. The van der Waals surface area contributed by atoms with E-state index in [1.54, 1.807) is 0 Å². The third kappa shape index (κ3) is 4.69. The molecule has 1 heterocycles. The molecule has 28 heavy (non-hydrogen) atoms. The number of halogens is 1. The van der Waals surface area contributed by atoms with E-state index in [2.05, 4.69) is 45.9 Å². The molecule has 4 heteroatoms. The van der Waals surface area contributed by atoms with Crippen LogP contribution in [0.5, 0.6) is 0 Å². The second-order valence-electron chi connectivity index (χ2n) is 9.74. The van der Waals surface area contributed by atoms with Crippen LogP contribution in [-0.2, 0) is 9.53 Å². The summed E-state index contributed by atoms with van der Waals surface area (Å²) in [7, 11) is 0. The van der Waals surface area contributed by atoms with Crippen molar-refractivity contribution in [3.8, 4) is 0 Å². The normalized spacial score (nSPS) is 27.2. The van der Waals surface area contributed by atoms with Crippen molar-refractivity contribution in [2.24, 2.45) is 10.8 Å². The van der Waals surface area contributed by atoms with Crippen molar-refractivity contribution >= 4 is 23.1 Å². The number of esters is 1. The SMILES string of the molecule is Cc1cc(C2=C(/C=C/[C@@H]3C[C@@H](O)CC(=O)O3)C(C)(C)CC(C)(C)C2)ccc1Cl. The molecule has 1 aliphatic heterocycles. The van der Waals surface area contributed by atoms with Crippen molar-refractivity contribution in [2.75, 3.05) is 0 Å². The van der Waals surface area contributed by atoms with Crippen LogP contribution in [0.1, 0.15) is 64.5 Å². The molecule has 0 bridgehead atoms. The monoisotopic (exact) mass is 402 g/mol. The highest BCUT2D eigenvalue weighted by Gasteiger charge is 2.38. The average Bonchev–Trinajstić information content (AvgIpc) is 2.53. The standard InChI is InChI=1S/C24H31ClO3/c1-15-10-16(6-9-21(15)25)19-13-23(2,3)14-24(4,5)20(19)8-7-18-11-17(26)12-22(27)28-18/h6-10,17-18,26H,11-14H2,1-5H3/b8-7+/t17-,18-/m1/s1. The number of hydrogen-bond donors (Lipinski definition) is 1. The lowest BCUT2D eigenvalue weighted by molar-refractivity contribution is -0.156. The summed E-state index contributed by atoms with van der Waals surface area (Å²) in [6, 6.07) is 6.22. The number of allylic oxidation sites excluding steroid dienone is 3. The molecule has 1 saturated heterocycles. The highest BCUT2D eigenvalue weighted by atomic mass is 35.5. The van der Waals surface area contributed by atoms with Gasteiger partial charge in [-0.15, -0.1) is 0 Å². The minimum atomic E-state index is -0.624. The van der Waals surface area contributed by atoms with Crippen molar-refractivity contribution in [2.45, 2.75) is 72.5 Å². The predicted molar refractivity (Wildman–Crippen MR) is 114 cm³/mol. The van der Waals surface area contributed by atoms with Crippen molar-refractivity contribution in [3.05, 3.63) is 52.1 Å². The fourth-order valence-electron chi connectivity index (χ4n) is 4.88. The molecule has 1 N–H and O–H groups in total. The quantitative estimate of drug-likeness (QED) is 0.643. The summed E-state index contributed by atoms with van der Waals surface area (Å²) < 4.78 is 5.41. The van der Waals surface area contributed by atoms with E-state index in [1.807, 2.05) is 19.1 Å². The van der Waals surface area contributed by atoms with E-state index in [9.17, 15) is 9.90 Å². The Morgan fingerprint density at radius 3 is 2.61 bits per heavy atom. The van der Waals surface area contributed by atoms with Crippen LogP contribution < -0.4 is 0 Å². The third-order valence-electron chi connectivity index (χ3n) is 5.80. The van der Waals surface area contributed by atoms with Crippen LogP contribution in [0.25, 0.3) is 5.57 Å². The van der Waals surface area contributed by atoms with Crippen LogP contribution in [0.4, 0.5) is 0 Å². The Labute approximate surface area is 173 Å². The molecule has 1 fully saturated rings. The number of aliphatic hydroxyl groups is 1. The van der Waals surface area contributed by atoms with E-state index in [1.165, 1.54) is 16.7 Å². The van der Waals surface area contributed by atoms with Gasteiger partial charge in [-0.2, -0.15) is 0 Å². The first-order valence-electron chi connectivity index (χ1n) is 10.0. The molecule has 152 valence electrons. The maximum absolute atomic E-state index is 11.7. The Kier molecular flexibility index (Phi) is 5.80. The molecule has 1 aliphatic carbocycles. The molecule has 0 unspecified atom stereocenters. The van der Waals surface area contributed by atoms with Gasteiger partial charge >= 0.3 is 5.97 Å². The van der Waals surface area contributed by atoms with Gasteiger partial charge in [-0.1, -0.05) is 57.5 Å². The van der Waals surface area contributed by atoms with Gasteiger partial charge in [0.15, 0.2) is 0 Å². The number of carbonyl (C=O) groups is 1. The number of cyclic esters (lactones) is 1. The van der Waals surface area contributed by atoms with E-state index in [-0.39, 0.29) is 29.3 Å². The number of benzene rings is 1. The first kappa shape index (κ1) is 21.1. The molecule has 2 atom stereocenters. The number of aryl methyl sites for hydroxylation is 1. The molecule has 0 saturated carbocycles. The van der Waals surface area contributed by atoms with Gasteiger partial charge in [0.2, 0.25) is 0 Å². The van der Waals surface area contributed by atoms with E-state index in [0.29, 0.717) is 6.42 Å². The molecule has 0 amide bonds. The topological polar surface area (TPSA) is 46.5 Å². The van der Waals surface area contributed by atoms with Crippen molar-refractivity contribution < 1.29 is 14.6 Å². The number of hydrogen-bond acceptors (Lipinski definition) is 3. The van der Waals surface area contributed by atoms with Crippen LogP contribution >= 0.6 is 11.6 Å². The molecule has 2 aliphatic rings. The summed E-state index contributed by atoms with van der Waals surface area (Å²) >= 11 is 6.26. The second-order valence-corrected chi connectivity index (χ2v) is 10.1. The van der Waals surface area contributed by atoms with Gasteiger partial charge in [-0.05, 0) is 65.0 Å². The maximum Gasteiger partial charge on any atom is 0.309 e. The highest BCUT2D eigenvalue weighted by Crippen LogP contribution is 2.52. The molecule has 0 spiro atoms. The molecule has 0 aromatic heterocycles. The van der Waals surface area contributed by atoms with Crippen molar-refractivity contribution in [1.82, 2.24) is 0 Å². The summed E-state index contributed by atoms with van der Waals surface area (Å²) in [6.45, 7) is 11.2. The van der Waals surface area contributed by atoms with Crippen LogP contribution in [0.3, 0.4) is 0 Å². The van der Waals surface area contributed by atoms with Gasteiger partial charge in [0, 0.05) is 11.4 Å².